The van der Waals surface area contributed by atoms with Gasteiger partial charge in [-0.15, -0.1) is 0 Å². The number of nitrogens with one attached hydrogen (secondary N) is 2. The largest absolute Gasteiger partial charge is 0.403 e. The van der Waals surface area contributed by atoms with Crippen molar-refractivity contribution in [1.82, 2.24) is 15.5 Å². The van der Waals surface area contributed by atoms with Crippen LogP contribution in [0.1, 0.15) is 59.8 Å². The Morgan fingerprint density at radius 1 is 1.24 bits per heavy atom. The number of halogens is 5. The average molecular weight is 612 g/mol. The molecule has 1 heterocycles. The summed E-state index contributed by atoms with van der Waals surface area (Å²) < 4.78 is 74.0. The van der Waals surface area contributed by atoms with Gasteiger partial charge < -0.3 is 30.8 Å². The van der Waals surface area contributed by atoms with E-state index in [2.05, 4.69) is 16.4 Å². The maximum atomic E-state index is 14.1. The van der Waals surface area contributed by atoms with Crippen molar-refractivity contribution in [3.8, 4) is 6.07 Å². The minimum atomic E-state index is -5.06. The van der Waals surface area contributed by atoms with Crippen LogP contribution in [-0.2, 0) is 23.9 Å². The molecular formula is C27H42F5N5O5. The molecule has 0 spiro atoms. The van der Waals surface area contributed by atoms with Crippen molar-refractivity contribution in [3.63, 3.8) is 0 Å². The molecule has 10 nitrogen and oxygen atoms in total. The fraction of sp³-hybridized carbons (Fsp3) is 0.815. The van der Waals surface area contributed by atoms with Crippen LogP contribution in [0.5, 0.6) is 0 Å². The van der Waals surface area contributed by atoms with Crippen LogP contribution in [-0.4, -0.2) is 85.9 Å². The number of alkyl halides is 5. The number of rotatable bonds is 13. The lowest BCUT2D eigenvalue weighted by Gasteiger charge is -2.39. The van der Waals surface area contributed by atoms with Crippen LogP contribution in [0.15, 0.2) is 0 Å². The predicted octanol–water partition coefficient (Wildman–Crippen LogP) is 2.56. The van der Waals surface area contributed by atoms with E-state index in [0.29, 0.717) is 25.7 Å². The summed E-state index contributed by atoms with van der Waals surface area (Å²) in [6.07, 6.45) is -7.22. The van der Waals surface area contributed by atoms with Gasteiger partial charge in [0.25, 0.3) is 5.92 Å². The highest BCUT2D eigenvalue weighted by molar-refractivity contribution is 5.90. The number of hydrogen-bond donors (Lipinski definition) is 3. The van der Waals surface area contributed by atoms with E-state index in [-0.39, 0.29) is 19.4 Å². The second kappa shape index (κ2) is 15.6. The molecular weight excluding hydrogens is 569 g/mol. The smallest absolute Gasteiger partial charge is 0.374 e. The fourth-order valence-corrected chi connectivity index (χ4v) is 5.32. The number of amides is 3. The van der Waals surface area contributed by atoms with Crippen molar-refractivity contribution in [2.45, 2.75) is 96.2 Å². The highest BCUT2D eigenvalue weighted by Crippen LogP contribution is 2.44. The van der Waals surface area contributed by atoms with Crippen LogP contribution in [0, 0.1) is 34.5 Å². The Bertz CT molecular complexity index is 966. The summed E-state index contributed by atoms with van der Waals surface area (Å²) in [6, 6.07) is -0.473. The maximum absolute atomic E-state index is 14.1. The van der Waals surface area contributed by atoms with Crippen molar-refractivity contribution in [2.24, 2.45) is 28.9 Å². The lowest BCUT2D eigenvalue weighted by molar-refractivity contribution is -0.235. The molecule has 240 valence electrons. The molecule has 3 amide bonds. The molecule has 1 saturated heterocycles. The monoisotopic (exact) mass is 611 g/mol. The predicted molar refractivity (Wildman–Crippen MR) is 142 cm³/mol. The van der Waals surface area contributed by atoms with Crippen molar-refractivity contribution in [3.05, 3.63) is 0 Å². The summed E-state index contributed by atoms with van der Waals surface area (Å²) in [6.45, 7) is 6.59. The number of ether oxygens (including phenoxy) is 1. The van der Waals surface area contributed by atoms with E-state index in [1.54, 1.807) is 27.8 Å². The molecule has 0 bridgehead atoms. The van der Waals surface area contributed by atoms with E-state index in [1.807, 2.05) is 6.07 Å². The van der Waals surface area contributed by atoms with Crippen molar-refractivity contribution >= 4 is 24.5 Å². The number of hydrogen-bond acceptors (Lipinski definition) is 7. The molecule has 2 rings (SSSR count). The summed E-state index contributed by atoms with van der Waals surface area (Å²) in [5.74, 6) is -8.93. The Morgan fingerprint density at radius 2 is 1.81 bits per heavy atom. The molecule has 15 heteroatoms. The Morgan fingerprint density at radius 3 is 2.26 bits per heavy atom. The van der Waals surface area contributed by atoms with Gasteiger partial charge in [0.05, 0.1) is 18.3 Å². The van der Waals surface area contributed by atoms with E-state index in [1.165, 1.54) is 0 Å². The number of aldehydes is 1. The summed E-state index contributed by atoms with van der Waals surface area (Å²) in [7, 11) is 1.76. The molecule has 2 aliphatic rings. The number of nitrogens with two attached hydrogens (primary N) is 1. The number of primary amides is 1. The Labute approximate surface area is 242 Å². The molecule has 4 N–H and O–H groups in total. The molecule has 42 heavy (non-hydrogen) atoms. The first-order valence-corrected chi connectivity index (χ1v) is 13.7. The highest BCUT2D eigenvalue weighted by atomic mass is 19.4. The summed E-state index contributed by atoms with van der Waals surface area (Å²) in [4.78, 5) is 47.7. The molecule has 6 unspecified atom stereocenters. The van der Waals surface area contributed by atoms with Crippen LogP contribution in [0.4, 0.5) is 22.0 Å². The SMILES string of the molecule is CNCCCC(C=O)CC(C#N)NC(=O)C1C(C)C(C)(C)CN1C(=O)C(C(C)OC1CC(F)(F)C1)C(F)(F)F.NC=O. The maximum Gasteiger partial charge on any atom is 0.403 e. The molecule has 0 radical (unpaired) electrons. The van der Waals surface area contributed by atoms with Crippen molar-refractivity contribution < 1.29 is 45.9 Å². The first-order valence-electron chi connectivity index (χ1n) is 13.7. The third-order valence-corrected chi connectivity index (χ3v) is 7.92. The lowest BCUT2D eigenvalue weighted by atomic mass is 9.80. The normalized spacial score (nSPS) is 24.1. The Hall–Kier alpha value is -2.86. The van der Waals surface area contributed by atoms with Crippen molar-refractivity contribution in [2.75, 3.05) is 20.1 Å². The minimum absolute atomic E-state index is 0.0238. The zero-order chi connectivity index (χ0) is 32.5. The average Bonchev–Trinajstić information content (AvgIpc) is 3.10. The van der Waals surface area contributed by atoms with E-state index in [9.17, 15) is 41.6 Å². The van der Waals surface area contributed by atoms with Gasteiger partial charge in [-0.05, 0) is 51.1 Å². The third kappa shape index (κ3) is 10.1. The minimum Gasteiger partial charge on any atom is -0.374 e. The van der Waals surface area contributed by atoms with Gasteiger partial charge in [0.15, 0.2) is 5.92 Å². The Balaban J connectivity index is 0.00000281. The summed E-state index contributed by atoms with van der Waals surface area (Å²) >= 11 is 0. The summed E-state index contributed by atoms with van der Waals surface area (Å²) in [5.41, 5.74) is 3.43. The molecule has 0 aromatic carbocycles. The van der Waals surface area contributed by atoms with Crippen LogP contribution in [0.3, 0.4) is 0 Å². The fourth-order valence-electron chi connectivity index (χ4n) is 5.32. The van der Waals surface area contributed by atoms with Crippen molar-refractivity contribution in [1.29, 1.82) is 5.26 Å². The van der Waals surface area contributed by atoms with Crippen LogP contribution in [0.2, 0.25) is 0 Å². The Kier molecular flexibility index (Phi) is 13.8. The first kappa shape index (κ1) is 37.2. The molecule has 6 atom stereocenters. The van der Waals surface area contributed by atoms with Crippen LogP contribution >= 0.6 is 0 Å². The second-order valence-corrected chi connectivity index (χ2v) is 11.6. The van der Waals surface area contributed by atoms with Gasteiger partial charge in [0.1, 0.15) is 18.4 Å². The van der Waals surface area contributed by atoms with E-state index in [0.717, 1.165) is 11.8 Å². The number of nitrogens with zero attached hydrogens (tertiary/aromatic N) is 2. The molecule has 1 aliphatic carbocycles. The third-order valence-electron chi connectivity index (χ3n) is 7.92. The number of nitriles is 1. The van der Waals surface area contributed by atoms with Gasteiger partial charge in [0.2, 0.25) is 18.2 Å². The first-order chi connectivity index (χ1) is 19.4. The van der Waals surface area contributed by atoms with E-state index in [4.69, 9.17) is 9.53 Å². The van der Waals surface area contributed by atoms with E-state index < -0.39 is 84.2 Å². The number of likely N-dealkylation sites (tertiary alicyclic amines) is 1. The standard InChI is InChI=1S/C26H39F5N4O4.CH3NO/c1-15-21(22(37)34-18(12-32)9-17(13-36)7-6-8-33-5)35(14-24(15,3)4)23(38)20(26(29,30)31)16(2)39-19-10-25(27,28)11-19;2-1-3/h13,15-21,33H,6-11,14H2,1-5H3,(H,34,37);1H,(H2,2,3). The molecule has 0 aromatic rings. The zero-order valence-corrected chi connectivity index (χ0v) is 24.5. The van der Waals surface area contributed by atoms with Crippen LogP contribution in [0.25, 0.3) is 0 Å². The lowest BCUT2D eigenvalue weighted by Crippen LogP contribution is -2.56. The van der Waals surface area contributed by atoms with Gasteiger partial charge in [-0.2, -0.15) is 18.4 Å². The summed E-state index contributed by atoms with van der Waals surface area (Å²) in [5, 5.41) is 15.1. The van der Waals surface area contributed by atoms with Gasteiger partial charge in [-0.25, -0.2) is 8.78 Å². The molecule has 1 saturated carbocycles. The van der Waals surface area contributed by atoms with Gasteiger partial charge in [-0.1, -0.05) is 20.8 Å². The zero-order valence-electron chi connectivity index (χ0n) is 24.5. The molecule has 2 fully saturated rings. The van der Waals surface area contributed by atoms with Crippen LogP contribution < -0.4 is 16.4 Å². The van der Waals surface area contributed by atoms with Gasteiger partial charge >= 0.3 is 6.18 Å². The van der Waals surface area contributed by atoms with Gasteiger partial charge in [0, 0.05) is 25.3 Å². The number of carbonyl (C=O) groups excluding carboxylic acids is 4. The second-order valence-electron chi connectivity index (χ2n) is 11.6. The highest BCUT2D eigenvalue weighted by Gasteiger charge is 2.58. The van der Waals surface area contributed by atoms with Gasteiger partial charge in [-0.3, -0.25) is 14.4 Å². The van der Waals surface area contributed by atoms with E-state index >= 15 is 0 Å². The quantitative estimate of drug-likeness (QED) is 0.164. The number of carbonyl (C=O) groups is 4. The topological polar surface area (TPSA) is 155 Å². The molecule has 1 aliphatic heterocycles. The molecule has 0 aromatic heterocycles.